The summed E-state index contributed by atoms with van der Waals surface area (Å²) in [5, 5.41) is 10.6. The van der Waals surface area contributed by atoms with Crippen LogP contribution >= 0.6 is 15.6 Å². The van der Waals surface area contributed by atoms with Crippen LogP contribution in [0.5, 0.6) is 0 Å². The van der Waals surface area contributed by atoms with E-state index in [9.17, 15) is 43.2 Å². The Morgan fingerprint density at radius 2 is 0.511 bits per heavy atom. The summed E-state index contributed by atoms with van der Waals surface area (Å²) >= 11 is 0. The summed E-state index contributed by atoms with van der Waals surface area (Å²) in [5.41, 5.74) is 0. The second-order valence-electron chi connectivity index (χ2n) is 26.6. The number of phosphoric ester groups is 2. The van der Waals surface area contributed by atoms with Crippen molar-refractivity contribution in [3.8, 4) is 0 Å². The molecule has 0 aliphatic carbocycles. The van der Waals surface area contributed by atoms with Crippen LogP contribution < -0.4 is 0 Å². The molecule has 0 aromatic rings. The van der Waals surface area contributed by atoms with Gasteiger partial charge in [-0.1, -0.05) is 311 Å². The molecular weight excluding hydrogens is 1190 g/mol. The summed E-state index contributed by atoms with van der Waals surface area (Å²) in [6, 6.07) is 0. The summed E-state index contributed by atoms with van der Waals surface area (Å²) in [7, 11) is -9.90. The van der Waals surface area contributed by atoms with Gasteiger partial charge in [0.1, 0.15) is 19.3 Å². The number of esters is 4. The zero-order chi connectivity index (χ0) is 66.5. The van der Waals surface area contributed by atoms with E-state index >= 15 is 0 Å². The van der Waals surface area contributed by atoms with E-state index in [4.69, 9.17) is 37.0 Å². The lowest BCUT2D eigenvalue weighted by molar-refractivity contribution is -0.161. The first kappa shape index (κ1) is 88.1. The third-order valence-corrected chi connectivity index (χ3v) is 18.4. The number of hydrogen-bond acceptors (Lipinski definition) is 15. The van der Waals surface area contributed by atoms with E-state index in [1.165, 1.54) is 180 Å². The molecular formula is C71H138O17P2. The summed E-state index contributed by atoms with van der Waals surface area (Å²) in [6.07, 6.45) is 48.7. The number of ether oxygens (including phenoxy) is 4. The maximum Gasteiger partial charge on any atom is 0.472 e. The first-order valence-electron chi connectivity index (χ1n) is 37.0. The molecule has 0 radical (unpaired) electrons. The van der Waals surface area contributed by atoms with Gasteiger partial charge in [0.25, 0.3) is 0 Å². The van der Waals surface area contributed by atoms with Gasteiger partial charge in [-0.25, -0.2) is 9.13 Å². The lowest BCUT2D eigenvalue weighted by Crippen LogP contribution is -2.30. The molecule has 0 aliphatic heterocycles. The molecule has 0 rings (SSSR count). The number of aliphatic hydroxyl groups is 1. The Balaban J connectivity index is 5.21. The minimum Gasteiger partial charge on any atom is -0.462 e. The molecule has 0 aromatic carbocycles. The molecule has 0 aromatic heterocycles. The Kier molecular flexibility index (Phi) is 61.8. The highest BCUT2D eigenvalue weighted by Crippen LogP contribution is 2.45. The number of carbonyl (C=O) groups is 4. The average molecular weight is 1330 g/mol. The Hall–Kier alpha value is -1.94. The van der Waals surface area contributed by atoms with Crippen molar-refractivity contribution < 1.29 is 80.2 Å². The number of aliphatic hydroxyl groups excluding tert-OH is 1. The van der Waals surface area contributed by atoms with Gasteiger partial charge in [-0.2, -0.15) is 0 Å². The van der Waals surface area contributed by atoms with Gasteiger partial charge >= 0.3 is 39.5 Å². The SMILES string of the molecule is CCCCCCCCCCCCCCCCCCCCC(=O)O[C@H](COC(=O)CCCCCCCCCCC(C)C)COP(=O)(O)OC[C@@H](O)COP(=O)(O)OC[C@@H](COC(=O)CCCCCCCCCCCC)OC(=O)CCCCCCCCCCC(C)C. The lowest BCUT2D eigenvalue weighted by atomic mass is 10.0. The molecule has 0 saturated carbocycles. The summed E-state index contributed by atoms with van der Waals surface area (Å²) in [5.74, 6) is -0.680. The van der Waals surface area contributed by atoms with Crippen molar-refractivity contribution in [3.05, 3.63) is 0 Å². The van der Waals surface area contributed by atoms with Crippen LogP contribution in [0.25, 0.3) is 0 Å². The fraction of sp³-hybridized carbons (Fsp3) is 0.944. The fourth-order valence-electron chi connectivity index (χ4n) is 10.8. The highest BCUT2D eigenvalue weighted by Gasteiger charge is 2.30. The van der Waals surface area contributed by atoms with Gasteiger partial charge in [0, 0.05) is 25.7 Å². The van der Waals surface area contributed by atoms with E-state index in [2.05, 4.69) is 41.5 Å². The second-order valence-corrected chi connectivity index (χ2v) is 29.5. The lowest BCUT2D eigenvalue weighted by Gasteiger charge is -2.21. The predicted molar refractivity (Wildman–Crippen MR) is 363 cm³/mol. The monoisotopic (exact) mass is 1320 g/mol. The van der Waals surface area contributed by atoms with Gasteiger partial charge in [0.2, 0.25) is 0 Å². The van der Waals surface area contributed by atoms with E-state index in [1.54, 1.807) is 0 Å². The van der Waals surface area contributed by atoms with E-state index in [0.29, 0.717) is 25.7 Å². The molecule has 17 nitrogen and oxygen atoms in total. The van der Waals surface area contributed by atoms with Crippen LogP contribution in [0, 0.1) is 11.8 Å². The first-order chi connectivity index (χ1) is 43.4. The number of rotatable bonds is 70. The Bertz CT molecular complexity index is 1750. The van der Waals surface area contributed by atoms with Crippen molar-refractivity contribution in [1.82, 2.24) is 0 Å². The third-order valence-electron chi connectivity index (χ3n) is 16.5. The fourth-order valence-corrected chi connectivity index (χ4v) is 12.3. The molecule has 0 saturated heterocycles. The topological polar surface area (TPSA) is 237 Å². The largest absolute Gasteiger partial charge is 0.472 e. The quantitative estimate of drug-likeness (QED) is 0.0222. The zero-order valence-electron chi connectivity index (χ0n) is 58.4. The van der Waals surface area contributed by atoms with Gasteiger partial charge in [0.05, 0.1) is 26.4 Å². The van der Waals surface area contributed by atoms with Crippen LogP contribution in [0.2, 0.25) is 0 Å². The molecule has 0 bridgehead atoms. The Morgan fingerprint density at radius 1 is 0.300 bits per heavy atom. The molecule has 90 heavy (non-hydrogen) atoms. The average Bonchev–Trinajstić information content (AvgIpc) is 3.69. The molecule has 5 atom stereocenters. The van der Waals surface area contributed by atoms with Gasteiger partial charge in [-0.3, -0.25) is 37.3 Å². The summed E-state index contributed by atoms with van der Waals surface area (Å²) < 4.78 is 68.3. The van der Waals surface area contributed by atoms with Crippen molar-refractivity contribution >= 4 is 39.5 Å². The van der Waals surface area contributed by atoms with Crippen molar-refractivity contribution in [2.24, 2.45) is 11.8 Å². The number of unbranched alkanes of at least 4 members (excludes halogenated alkanes) is 40. The zero-order valence-corrected chi connectivity index (χ0v) is 60.2. The van der Waals surface area contributed by atoms with Crippen LogP contribution in [-0.2, 0) is 65.4 Å². The predicted octanol–water partition coefficient (Wildman–Crippen LogP) is 20.4. The van der Waals surface area contributed by atoms with Gasteiger partial charge in [0.15, 0.2) is 12.2 Å². The van der Waals surface area contributed by atoms with Gasteiger partial charge in [-0.15, -0.1) is 0 Å². The Morgan fingerprint density at radius 3 is 0.756 bits per heavy atom. The molecule has 0 heterocycles. The minimum absolute atomic E-state index is 0.105. The van der Waals surface area contributed by atoms with Crippen molar-refractivity contribution in [2.45, 2.75) is 381 Å². The number of hydrogen-bond donors (Lipinski definition) is 3. The highest BCUT2D eigenvalue weighted by molar-refractivity contribution is 7.47. The summed E-state index contributed by atoms with van der Waals surface area (Å²) in [6.45, 7) is 9.47. The molecule has 0 aliphatic rings. The molecule has 0 fully saturated rings. The van der Waals surface area contributed by atoms with Crippen LogP contribution in [0.4, 0.5) is 0 Å². The Labute approximate surface area is 549 Å². The van der Waals surface area contributed by atoms with Crippen LogP contribution in [0.15, 0.2) is 0 Å². The molecule has 0 spiro atoms. The first-order valence-corrected chi connectivity index (χ1v) is 40.0. The van der Waals surface area contributed by atoms with E-state index < -0.39 is 97.5 Å². The van der Waals surface area contributed by atoms with Crippen molar-refractivity contribution in [2.75, 3.05) is 39.6 Å². The number of phosphoric acid groups is 2. The van der Waals surface area contributed by atoms with Gasteiger partial charge in [-0.05, 0) is 37.5 Å². The van der Waals surface area contributed by atoms with E-state index in [0.717, 1.165) is 102 Å². The third kappa shape index (κ3) is 64.8. The normalized spacial score (nSPS) is 14.1. The molecule has 3 N–H and O–H groups in total. The van der Waals surface area contributed by atoms with Crippen LogP contribution in [0.3, 0.4) is 0 Å². The van der Waals surface area contributed by atoms with Crippen LogP contribution in [0.1, 0.15) is 363 Å². The van der Waals surface area contributed by atoms with Crippen molar-refractivity contribution in [1.29, 1.82) is 0 Å². The number of carbonyl (C=O) groups excluding carboxylic acids is 4. The minimum atomic E-state index is -4.95. The van der Waals surface area contributed by atoms with E-state index in [1.807, 2.05) is 0 Å². The molecule has 19 heteroatoms. The maximum atomic E-state index is 13.0. The summed E-state index contributed by atoms with van der Waals surface area (Å²) in [4.78, 5) is 72.5. The van der Waals surface area contributed by atoms with Crippen molar-refractivity contribution in [3.63, 3.8) is 0 Å². The molecule has 0 amide bonds. The van der Waals surface area contributed by atoms with E-state index in [-0.39, 0.29) is 25.7 Å². The maximum absolute atomic E-state index is 13.0. The second kappa shape index (κ2) is 63.1. The van der Waals surface area contributed by atoms with Gasteiger partial charge < -0.3 is 33.8 Å². The molecule has 534 valence electrons. The standard InChI is InChI=1S/C71H138O17P2/c1-7-9-11-13-15-17-19-20-21-22-23-24-25-26-28-37-43-49-55-70(75)87-66(60-82-69(74)54-48-42-36-31-29-33-39-45-51-63(3)4)61-85-89(77,78)83-57-65(72)58-84-90(79,80)86-62-67(59-81-68(73)53-47-41-35-27-18-16-14-12-10-8-2)88-71(76)56-50-44-38-32-30-34-40-46-52-64(5)6/h63-67,72H,7-62H2,1-6H3,(H,77,78)(H,79,80)/t65-,66-,67-/m1/s1. The highest BCUT2D eigenvalue weighted by atomic mass is 31.2. The molecule has 2 unspecified atom stereocenters. The smallest absolute Gasteiger partial charge is 0.462 e. The van der Waals surface area contributed by atoms with Crippen LogP contribution in [-0.4, -0.2) is 96.7 Å².